The van der Waals surface area contributed by atoms with Crippen LogP contribution in [0.25, 0.3) is 22.9 Å². The van der Waals surface area contributed by atoms with E-state index in [1.165, 1.54) is 5.56 Å². The van der Waals surface area contributed by atoms with Crippen LogP contribution in [0.2, 0.25) is 0 Å². The van der Waals surface area contributed by atoms with Gasteiger partial charge in [0, 0.05) is 23.2 Å². The fourth-order valence-corrected chi connectivity index (χ4v) is 4.70. The number of hydrogen-bond donors (Lipinski definition) is 0. The van der Waals surface area contributed by atoms with Gasteiger partial charge in [0.05, 0.1) is 6.04 Å². The highest BCUT2D eigenvalue weighted by Gasteiger charge is 2.31. The normalized spacial score (nSPS) is 16.9. The molecule has 1 unspecified atom stereocenters. The van der Waals surface area contributed by atoms with Crippen molar-refractivity contribution in [3.63, 3.8) is 0 Å². The predicted octanol–water partition coefficient (Wildman–Crippen LogP) is 5.46. The number of likely N-dealkylation sites (tertiary alicyclic amines) is 1. The van der Waals surface area contributed by atoms with Gasteiger partial charge in [-0.15, -0.1) is 10.2 Å². The summed E-state index contributed by atoms with van der Waals surface area (Å²) in [6, 6.07) is 21.3. The average molecular weight is 468 g/mol. The van der Waals surface area contributed by atoms with E-state index in [1.807, 2.05) is 78.6 Å². The van der Waals surface area contributed by atoms with E-state index in [-0.39, 0.29) is 11.9 Å². The Bertz CT molecular complexity index is 1360. The summed E-state index contributed by atoms with van der Waals surface area (Å²) in [4.78, 5) is 15.3. The Balaban J connectivity index is 1.20. The molecule has 1 atom stereocenters. The van der Waals surface area contributed by atoms with E-state index in [4.69, 9.17) is 13.9 Å². The second-order valence-corrected chi connectivity index (χ2v) is 8.92. The van der Waals surface area contributed by atoms with Crippen molar-refractivity contribution in [2.45, 2.75) is 25.8 Å². The molecule has 1 amide bonds. The van der Waals surface area contributed by atoms with Crippen molar-refractivity contribution in [3.8, 4) is 34.4 Å². The van der Waals surface area contributed by atoms with Crippen LogP contribution >= 0.6 is 0 Å². The van der Waals surface area contributed by atoms with E-state index in [2.05, 4.69) is 10.2 Å². The van der Waals surface area contributed by atoms with Gasteiger partial charge >= 0.3 is 0 Å². The van der Waals surface area contributed by atoms with Crippen LogP contribution in [0.5, 0.6) is 11.5 Å². The highest BCUT2D eigenvalue weighted by Crippen LogP contribution is 2.38. The van der Waals surface area contributed by atoms with Crippen LogP contribution < -0.4 is 9.47 Å². The van der Waals surface area contributed by atoms with E-state index in [1.54, 1.807) is 0 Å². The topological polar surface area (TPSA) is 77.7 Å². The maximum Gasteiger partial charge on any atom is 0.254 e. The molecule has 0 aliphatic carbocycles. The van der Waals surface area contributed by atoms with Crippen molar-refractivity contribution in [2.75, 3.05) is 19.8 Å². The van der Waals surface area contributed by atoms with Crippen molar-refractivity contribution in [2.24, 2.45) is 0 Å². The van der Waals surface area contributed by atoms with Gasteiger partial charge in [0.25, 0.3) is 5.91 Å². The number of fused-ring (bicyclic) bond motifs is 1. The lowest BCUT2D eigenvalue weighted by Gasteiger charge is -2.27. The maximum absolute atomic E-state index is 13.4. The lowest BCUT2D eigenvalue weighted by molar-refractivity contribution is 0.0735. The number of nitrogens with zero attached hydrogens (tertiary/aromatic N) is 3. The van der Waals surface area contributed by atoms with Crippen LogP contribution in [0.4, 0.5) is 0 Å². The quantitative estimate of drug-likeness (QED) is 0.397. The number of benzene rings is 3. The van der Waals surface area contributed by atoms with Crippen LogP contribution in [-0.2, 0) is 0 Å². The third-order valence-electron chi connectivity index (χ3n) is 6.57. The van der Waals surface area contributed by atoms with Gasteiger partial charge in [-0.3, -0.25) is 4.79 Å². The number of hydrogen-bond acceptors (Lipinski definition) is 6. The largest absolute Gasteiger partial charge is 0.486 e. The smallest absolute Gasteiger partial charge is 0.254 e. The minimum atomic E-state index is 0.0137. The first kappa shape index (κ1) is 21.4. The molecule has 2 aliphatic rings. The first-order valence-electron chi connectivity index (χ1n) is 11.9. The zero-order valence-corrected chi connectivity index (χ0v) is 19.4. The van der Waals surface area contributed by atoms with Crippen molar-refractivity contribution >= 4 is 5.91 Å². The zero-order valence-electron chi connectivity index (χ0n) is 19.4. The zero-order chi connectivity index (χ0) is 23.8. The molecule has 1 aromatic heterocycles. The number of aryl methyl sites for hydroxylation is 1. The molecule has 1 saturated heterocycles. The molecule has 35 heavy (non-hydrogen) atoms. The van der Waals surface area contributed by atoms with E-state index in [0.29, 0.717) is 30.6 Å². The molecular weight excluding hydrogens is 442 g/mol. The summed E-state index contributed by atoms with van der Waals surface area (Å²) in [5.74, 6) is 2.43. The van der Waals surface area contributed by atoms with Gasteiger partial charge in [0.1, 0.15) is 13.2 Å². The molecule has 0 radical (unpaired) electrons. The lowest BCUT2D eigenvalue weighted by atomic mass is 10.0. The molecule has 1 fully saturated rings. The summed E-state index contributed by atoms with van der Waals surface area (Å²) in [6.07, 6.45) is 1.89. The second-order valence-electron chi connectivity index (χ2n) is 8.92. The van der Waals surface area contributed by atoms with E-state index >= 15 is 0 Å². The van der Waals surface area contributed by atoms with Crippen LogP contribution in [0.15, 0.2) is 71.1 Å². The summed E-state index contributed by atoms with van der Waals surface area (Å²) < 4.78 is 17.3. The molecule has 0 saturated carbocycles. The Morgan fingerprint density at radius 2 is 1.51 bits per heavy atom. The van der Waals surface area contributed by atoms with Crippen molar-refractivity contribution in [1.29, 1.82) is 0 Å². The van der Waals surface area contributed by atoms with Gasteiger partial charge in [0.15, 0.2) is 11.5 Å². The second kappa shape index (κ2) is 8.91. The van der Waals surface area contributed by atoms with Gasteiger partial charge in [-0.1, -0.05) is 23.8 Å². The van der Waals surface area contributed by atoms with Gasteiger partial charge < -0.3 is 18.8 Å². The SMILES string of the molecule is Cc1ccc(-c2nnc(-c3ccc(C(=O)N4CCCC4c4ccc5c(c4)OCCO5)cc3)o2)cc1. The molecule has 6 rings (SSSR count). The number of aromatic nitrogens is 2. The monoisotopic (exact) mass is 467 g/mol. The molecule has 0 bridgehead atoms. The Labute approximate surface area is 203 Å². The summed E-state index contributed by atoms with van der Waals surface area (Å²) in [5.41, 5.74) is 4.53. The molecule has 3 aromatic carbocycles. The van der Waals surface area contributed by atoms with Crippen LogP contribution in [0.3, 0.4) is 0 Å². The molecule has 3 heterocycles. The van der Waals surface area contributed by atoms with Crippen LogP contribution in [-0.4, -0.2) is 40.8 Å². The Morgan fingerprint density at radius 1 is 0.857 bits per heavy atom. The lowest BCUT2D eigenvalue weighted by Crippen LogP contribution is -2.30. The van der Waals surface area contributed by atoms with E-state index in [9.17, 15) is 4.79 Å². The van der Waals surface area contributed by atoms with Gasteiger partial charge in [-0.05, 0) is 73.9 Å². The third-order valence-corrected chi connectivity index (χ3v) is 6.57. The van der Waals surface area contributed by atoms with E-state index in [0.717, 1.165) is 47.6 Å². The molecule has 7 heteroatoms. The van der Waals surface area contributed by atoms with Crippen molar-refractivity contribution in [1.82, 2.24) is 15.1 Å². The summed E-state index contributed by atoms with van der Waals surface area (Å²) in [6.45, 7) is 3.87. The van der Waals surface area contributed by atoms with E-state index < -0.39 is 0 Å². The van der Waals surface area contributed by atoms with Crippen molar-refractivity contribution < 1.29 is 18.7 Å². The fraction of sp³-hybridized carbons (Fsp3) is 0.250. The summed E-state index contributed by atoms with van der Waals surface area (Å²) >= 11 is 0. The number of ether oxygens (including phenoxy) is 2. The Hall–Kier alpha value is -4.13. The summed E-state index contributed by atoms with van der Waals surface area (Å²) in [5, 5.41) is 8.37. The van der Waals surface area contributed by atoms with Crippen molar-refractivity contribution in [3.05, 3.63) is 83.4 Å². The molecule has 4 aromatic rings. The molecule has 7 nitrogen and oxygen atoms in total. The van der Waals surface area contributed by atoms with Crippen LogP contribution in [0, 0.1) is 6.92 Å². The first-order chi connectivity index (χ1) is 17.2. The number of rotatable bonds is 4. The number of carbonyl (C=O) groups is 1. The molecule has 2 aliphatic heterocycles. The van der Waals surface area contributed by atoms with Gasteiger partial charge in [0.2, 0.25) is 11.8 Å². The number of amides is 1. The average Bonchev–Trinajstić information content (AvgIpc) is 3.59. The van der Waals surface area contributed by atoms with Gasteiger partial charge in [-0.25, -0.2) is 0 Å². The standard InChI is InChI=1S/C28H25N3O4/c1-18-4-6-19(7-5-18)26-29-30-27(35-26)20-8-10-21(11-9-20)28(32)31-14-2-3-23(31)22-12-13-24-25(17-22)34-16-15-33-24/h4-13,17,23H,2-3,14-16H2,1H3. The minimum Gasteiger partial charge on any atom is -0.486 e. The molecule has 0 spiro atoms. The molecule has 176 valence electrons. The summed E-state index contributed by atoms with van der Waals surface area (Å²) in [7, 11) is 0. The molecule has 0 N–H and O–H groups in total. The minimum absolute atomic E-state index is 0.0137. The third kappa shape index (κ3) is 4.14. The predicted molar refractivity (Wildman–Crippen MR) is 130 cm³/mol. The number of carbonyl (C=O) groups excluding carboxylic acids is 1. The fourth-order valence-electron chi connectivity index (χ4n) is 4.70. The maximum atomic E-state index is 13.4. The highest BCUT2D eigenvalue weighted by atomic mass is 16.6. The Kier molecular flexibility index (Phi) is 5.45. The van der Waals surface area contributed by atoms with Crippen LogP contribution in [0.1, 0.15) is 40.4 Å². The Morgan fingerprint density at radius 3 is 2.23 bits per heavy atom. The molecular formula is C28H25N3O4. The first-order valence-corrected chi connectivity index (χ1v) is 11.9. The highest BCUT2D eigenvalue weighted by molar-refractivity contribution is 5.95. The van der Waals surface area contributed by atoms with Gasteiger partial charge in [-0.2, -0.15) is 0 Å².